The number of methoxy groups -OCH3 is 1. The normalized spacial score (nSPS) is 16.3. The van der Waals surface area contributed by atoms with Gasteiger partial charge in [0, 0.05) is 6.42 Å². The molecule has 158 valence electrons. The standard InChI is InChI=1S/C21H21BrN2O6/c1-29-14-7-5-13(6-8-14)11-24-18(25)10-9-17(21(24)28)23-16-4-2-3-15(22)20(16)30-12-19(26)27/h2-8,17,23H,9-12H2,1H3,(H,26,27). The first-order chi connectivity index (χ1) is 14.4. The first kappa shape index (κ1) is 21.6. The van der Waals surface area contributed by atoms with Crippen molar-refractivity contribution in [3.05, 3.63) is 52.5 Å². The van der Waals surface area contributed by atoms with Crippen molar-refractivity contribution in [3.63, 3.8) is 0 Å². The van der Waals surface area contributed by atoms with E-state index in [1.807, 2.05) is 12.1 Å². The van der Waals surface area contributed by atoms with E-state index in [1.165, 1.54) is 4.90 Å². The summed E-state index contributed by atoms with van der Waals surface area (Å²) in [5, 5.41) is 12.0. The number of nitrogens with one attached hydrogen (secondary N) is 1. The van der Waals surface area contributed by atoms with Gasteiger partial charge in [-0.15, -0.1) is 0 Å². The van der Waals surface area contributed by atoms with Crippen LogP contribution < -0.4 is 14.8 Å². The Morgan fingerprint density at radius 1 is 1.23 bits per heavy atom. The molecule has 1 aliphatic rings. The van der Waals surface area contributed by atoms with E-state index in [0.717, 1.165) is 5.56 Å². The number of carboxylic acid groups (broad SMARTS) is 1. The maximum absolute atomic E-state index is 13.0. The molecule has 1 heterocycles. The van der Waals surface area contributed by atoms with Crippen LogP contribution in [0.3, 0.4) is 0 Å². The molecule has 1 unspecified atom stereocenters. The van der Waals surface area contributed by atoms with Crippen molar-refractivity contribution >= 4 is 39.4 Å². The number of imide groups is 1. The predicted octanol–water partition coefficient (Wildman–Crippen LogP) is 3.05. The molecule has 1 atom stereocenters. The second-order valence-corrected chi connectivity index (χ2v) is 7.56. The topological polar surface area (TPSA) is 105 Å². The van der Waals surface area contributed by atoms with Gasteiger partial charge in [0.15, 0.2) is 12.4 Å². The maximum Gasteiger partial charge on any atom is 0.341 e. The summed E-state index contributed by atoms with van der Waals surface area (Å²) >= 11 is 3.34. The van der Waals surface area contributed by atoms with Crippen LogP contribution in [-0.4, -0.2) is 47.5 Å². The molecule has 1 saturated heterocycles. The molecule has 2 aromatic carbocycles. The van der Waals surface area contributed by atoms with Crippen molar-refractivity contribution in [2.24, 2.45) is 0 Å². The van der Waals surface area contributed by atoms with Gasteiger partial charge in [0.2, 0.25) is 5.91 Å². The Bertz CT molecular complexity index is 947. The second-order valence-electron chi connectivity index (χ2n) is 6.70. The second kappa shape index (κ2) is 9.62. The number of ether oxygens (including phenoxy) is 2. The number of benzene rings is 2. The number of anilines is 1. The van der Waals surface area contributed by atoms with Crippen LogP contribution in [0.1, 0.15) is 18.4 Å². The molecule has 8 nitrogen and oxygen atoms in total. The minimum atomic E-state index is -1.11. The largest absolute Gasteiger partial charge is 0.497 e. The summed E-state index contributed by atoms with van der Waals surface area (Å²) in [5.41, 5.74) is 1.29. The average molecular weight is 477 g/mol. The lowest BCUT2D eigenvalue weighted by Crippen LogP contribution is -2.50. The zero-order chi connectivity index (χ0) is 21.7. The van der Waals surface area contributed by atoms with E-state index in [1.54, 1.807) is 37.4 Å². The Morgan fingerprint density at radius 2 is 1.97 bits per heavy atom. The number of likely N-dealkylation sites (tertiary alicyclic amines) is 1. The molecule has 0 spiro atoms. The van der Waals surface area contributed by atoms with Gasteiger partial charge >= 0.3 is 5.97 Å². The fourth-order valence-electron chi connectivity index (χ4n) is 3.14. The summed E-state index contributed by atoms with van der Waals surface area (Å²) in [6, 6.07) is 11.7. The van der Waals surface area contributed by atoms with Gasteiger partial charge in [0.25, 0.3) is 5.91 Å². The first-order valence-electron chi connectivity index (χ1n) is 9.26. The molecule has 0 aliphatic carbocycles. The Morgan fingerprint density at radius 3 is 2.63 bits per heavy atom. The van der Waals surface area contributed by atoms with Crippen LogP contribution >= 0.6 is 15.9 Å². The fourth-order valence-corrected chi connectivity index (χ4v) is 3.62. The number of carbonyl (C=O) groups excluding carboxylic acids is 2. The van der Waals surface area contributed by atoms with Gasteiger partial charge in [-0.1, -0.05) is 18.2 Å². The van der Waals surface area contributed by atoms with Gasteiger partial charge in [-0.05, 0) is 52.2 Å². The summed E-state index contributed by atoms with van der Waals surface area (Å²) < 4.78 is 11.0. The van der Waals surface area contributed by atoms with Crippen LogP contribution in [0.25, 0.3) is 0 Å². The van der Waals surface area contributed by atoms with Crippen LogP contribution in [0.15, 0.2) is 46.9 Å². The lowest BCUT2D eigenvalue weighted by atomic mass is 10.0. The number of para-hydroxylation sites is 1. The molecule has 2 N–H and O–H groups in total. The Hall–Kier alpha value is -3.07. The van der Waals surface area contributed by atoms with Crippen LogP contribution in [0.4, 0.5) is 5.69 Å². The molecule has 30 heavy (non-hydrogen) atoms. The third-order valence-electron chi connectivity index (χ3n) is 4.65. The number of piperidine rings is 1. The van der Waals surface area contributed by atoms with Gasteiger partial charge in [-0.25, -0.2) is 4.79 Å². The first-order valence-corrected chi connectivity index (χ1v) is 10.0. The fraction of sp³-hybridized carbons (Fsp3) is 0.286. The molecule has 2 aromatic rings. The molecule has 1 fully saturated rings. The predicted molar refractivity (Wildman–Crippen MR) is 112 cm³/mol. The number of aliphatic carboxylic acids is 1. The van der Waals surface area contributed by atoms with Crippen LogP contribution in [-0.2, 0) is 20.9 Å². The van der Waals surface area contributed by atoms with Gasteiger partial charge in [0.1, 0.15) is 11.8 Å². The van der Waals surface area contributed by atoms with Crippen molar-refractivity contribution in [1.82, 2.24) is 4.90 Å². The average Bonchev–Trinajstić information content (AvgIpc) is 2.73. The summed E-state index contributed by atoms with van der Waals surface area (Å²) in [6.45, 7) is -0.349. The monoisotopic (exact) mass is 476 g/mol. The van der Waals surface area contributed by atoms with Crippen LogP contribution in [0.2, 0.25) is 0 Å². The van der Waals surface area contributed by atoms with E-state index in [4.69, 9.17) is 14.6 Å². The van der Waals surface area contributed by atoms with Crippen LogP contribution in [0.5, 0.6) is 11.5 Å². The maximum atomic E-state index is 13.0. The zero-order valence-electron chi connectivity index (χ0n) is 16.3. The van der Waals surface area contributed by atoms with Crippen molar-refractivity contribution in [1.29, 1.82) is 0 Å². The number of hydrogen-bond donors (Lipinski definition) is 2. The highest BCUT2D eigenvalue weighted by molar-refractivity contribution is 9.10. The lowest BCUT2D eigenvalue weighted by Gasteiger charge is -2.32. The molecule has 0 radical (unpaired) electrons. The van der Waals surface area contributed by atoms with E-state index < -0.39 is 18.6 Å². The summed E-state index contributed by atoms with van der Waals surface area (Å²) in [6.07, 6.45) is 0.556. The molecule has 0 saturated carbocycles. The van der Waals surface area contributed by atoms with Crippen molar-refractivity contribution in [2.45, 2.75) is 25.4 Å². The van der Waals surface area contributed by atoms with Gasteiger partial charge < -0.3 is 19.9 Å². The van der Waals surface area contributed by atoms with E-state index in [2.05, 4.69) is 21.2 Å². The smallest absolute Gasteiger partial charge is 0.341 e. The number of carbonyl (C=O) groups is 3. The molecule has 0 bridgehead atoms. The van der Waals surface area contributed by atoms with Gasteiger partial charge in [-0.3, -0.25) is 14.5 Å². The molecule has 0 aromatic heterocycles. The highest BCUT2D eigenvalue weighted by Gasteiger charge is 2.34. The molecule has 1 aliphatic heterocycles. The van der Waals surface area contributed by atoms with Gasteiger partial charge in [0.05, 0.1) is 23.8 Å². The molecule has 3 rings (SSSR count). The SMILES string of the molecule is COc1ccc(CN2C(=O)CCC(Nc3cccc(Br)c3OCC(=O)O)C2=O)cc1. The number of carboxylic acids is 1. The van der Waals surface area contributed by atoms with E-state index in [-0.39, 0.29) is 24.8 Å². The lowest BCUT2D eigenvalue weighted by molar-refractivity contribution is -0.149. The summed E-state index contributed by atoms with van der Waals surface area (Å²) in [5.74, 6) is -0.692. The quantitative estimate of drug-likeness (QED) is 0.563. The van der Waals surface area contributed by atoms with Crippen LogP contribution in [0, 0.1) is 0 Å². The number of hydrogen-bond acceptors (Lipinski definition) is 6. The number of nitrogens with zero attached hydrogens (tertiary/aromatic N) is 1. The third kappa shape index (κ3) is 5.10. The molecular weight excluding hydrogens is 456 g/mol. The summed E-state index contributed by atoms with van der Waals surface area (Å²) in [7, 11) is 1.57. The number of rotatable bonds is 8. The van der Waals surface area contributed by atoms with Gasteiger partial charge in [-0.2, -0.15) is 0 Å². The van der Waals surface area contributed by atoms with E-state index in [9.17, 15) is 14.4 Å². The zero-order valence-corrected chi connectivity index (χ0v) is 17.8. The molecule has 9 heteroatoms. The minimum absolute atomic E-state index is 0.167. The Balaban J connectivity index is 1.75. The van der Waals surface area contributed by atoms with E-state index in [0.29, 0.717) is 28.1 Å². The van der Waals surface area contributed by atoms with Crippen molar-refractivity contribution in [2.75, 3.05) is 19.0 Å². The van der Waals surface area contributed by atoms with E-state index >= 15 is 0 Å². The highest BCUT2D eigenvalue weighted by atomic mass is 79.9. The third-order valence-corrected chi connectivity index (χ3v) is 5.27. The van der Waals surface area contributed by atoms with Crippen molar-refractivity contribution < 1.29 is 29.0 Å². The Kier molecular flexibility index (Phi) is 6.94. The highest BCUT2D eigenvalue weighted by Crippen LogP contribution is 2.34. The Labute approximate surface area is 181 Å². The molecule has 2 amide bonds. The minimum Gasteiger partial charge on any atom is -0.497 e. The number of amides is 2. The van der Waals surface area contributed by atoms with Crippen molar-refractivity contribution in [3.8, 4) is 11.5 Å². The molecular formula is C21H21BrN2O6. The summed E-state index contributed by atoms with van der Waals surface area (Å²) in [4.78, 5) is 37.5. The number of halogens is 1.